The van der Waals surface area contributed by atoms with E-state index in [-0.39, 0.29) is 32.1 Å². The molecule has 0 radical (unpaired) electrons. The molecule has 1 aromatic heterocycles. The lowest BCUT2D eigenvalue weighted by atomic mass is 9.94. The van der Waals surface area contributed by atoms with Gasteiger partial charge >= 0.3 is 5.97 Å². The van der Waals surface area contributed by atoms with E-state index in [0.717, 1.165) is 29.9 Å². The Morgan fingerprint density at radius 3 is 2.91 bits per heavy atom. The van der Waals surface area contributed by atoms with Crippen LogP contribution in [0.3, 0.4) is 0 Å². The van der Waals surface area contributed by atoms with Crippen LogP contribution in [0.2, 0.25) is 0 Å². The molecule has 11 heteroatoms. The highest BCUT2D eigenvalue weighted by Crippen LogP contribution is 2.28. The third-order valence-corrected chi connectivity index (χ3v) is 5.55. The molecule has 0 unspecified atom stereocenters. The zero-order valence-corrected chi connectivity index (χ0v) is 19.5. The predicted octanol–water partition coefficient (Wildman–Crippen LogP) is 3.27. The van der Waals surface area contributed by atoms with E-state index >= 15 is 0 Å². The molecule has 1 atom stereocenters. The Hall–Kier alpha value is -3.82. The fourth-order valence-electron chi connectivity index (χ4n) is 3.87. The Balaban J connectivity index is 1.58. The summed E-state index contributed by atoms with van der Waals surface area (Å²) in [5, 5.41) is 15.9. The summed E-state index contributed by atoms with van der Waals surface area (Å²) >= 11 is 0. The molecule has 35 heavy (non-hydrogen) atoms. The van der Waals surface area contributed by atoms with Crippen molar-refractivity contribution in [3.63, 3.8) is 0 Å². The number of nitrogens with one attached hydrogen (secondary N) is 1. The molecule has 0 saturated carbocycles. The number of aromatic nitrogens is 1. The summed E-state index contributed by atoms with van der Waals surface area (Å²) in [6.07, 6.45) is 2.65. The van der Waals surface area contributed by atoms with E-state index in [9.17, 15) is 14.7 Å². The van der Waals surface area contributed by atoms with E-state index in [1.807, 2.05) is 36.4 Å². The number of nitrogens with zero attached hydrogens (tertiary/aromatic N) is 5. The molecule has 1 aliphatic heterocycles. The van der Waals surface area contributed by atoms with E-state index < -0.39 is 11.9 Å². The molecule has 0 aliphatic carbocycles. The number of carboxylic acids is 1. The summed E-state index contributed by atoms with van der Waals surface area (Å²) in [5.41, 5.74) is 10.2. The van der Waals surface area contributed by atoms with E-state index in [1.165, 1.54) is 0 Å². The van der Waals surface area contributed by atoms with Crippen LogP contribution in [0.25, 0.3) is 10.4 Å². The van der Waals surface area contributed by atoms with E-state index in [4.69, 9.17) is 15.0 Å². The number of benzene rings is 1. The first-order chi connectivity index (χ1) is 17.1. The maximum absolute atomic E-state index is 13.1. The molecular formula is C24H30N6O5. The summed E-state index contributed by atoms with van der Waals surface area (Å²) < 4.78 is 11.4. The number of amides is 1. The maximum atomic E-state index is 13.1. The minimum absolute atomic E-state index is 0.203. The monoisotopic (exact) mass is 482 g/mol. The largest absolute Gasteiger partial charge is 0.494 e. The van der Waals surface area contributed by atoms with Crippen LogP contribution < -0.4 is 10.1 Å². The minimum atomic E-state index is -1.00. The molecule has 0 spiro atoms. The second-order valence-electron chi connectivity index (χ2n) is 8.10. The number of aliphatic carboxylic acids is 1. The zero-order chi connectivity index (χ0) is 24.9. The first-order valence-corrected chi connectivity index (χ1v) is 11.6. The maximum Gasteiger partial charge on any atom is 0.304 e. The highest BCUT2D eigenvalue weighted by Gasteiger charge is 2.31. The van der Waals surface area contributed by atoms with Gasteiger partial charge in [-0.25, -0.2) is 4.98 Å². The number of pyridine rings is 1. The highest BCUT2D eigenvalue weighted by molar-refractivity contribution is 5.84. The summed E-state index contributed by atoms with van der Waals surface area (Å²) in [6.45, 7) is 2.64. The topological polar surface area (TPSA) is 150 Å². The van der Waals surface area contributed by atoms with E-state index in [1.54, 1.807) is 11.1 Å². The molecule has 0 fully saturated rings. The number of rotatable bonds is 14. The van der Waals surface area contributed by atoms with Gasteiger partial charge in [0.25, 0.3) is 0 Å². The highest BCUT2D eigenvalue weighted by atomic mass is 16.5. The first kappa shape index (κ1) is 25.8. The van der Waals surface area contributed by atoms with E-state index in [2.05, 4.69) is 20.3 Å². The molecule has 2 aromatic rings. The Bertz CT molecular complexity index is 1030. The molecule has 0 bridgehead atoms. The summed E-state index contributed by atoms with van der Waals surface area (Å²) in [4.78, 5) is 32.9. The Morgan fingerprint density at radius 1 is 1.26 bits per heavy atom. The number of carbonyl (C=O) groups excluding carboxylic acids is 1. The van der Waals surface area contributed by atoms with Crippen molar-refractivity contribution in [3.8, 4) is 5.75 Å². The Morgan fingerprint density at radius 2 is 2.14 bits per heavy atom. The van der Waals surface area contributed by atoms with Crippen LogP contribution in [-0.4, -0.2) is 66.3 Å². The predicted molar refractivity (Wildman–Crippen MR) is 129 cm³/mol. The number of ether oxygens (including phenoxy) is 2. The van der Waals surface area contributed by atoms with Gasteiger partial charge in [0.15, 0.2) is 0 Å². The number of carbonyl (C=O) groups is 2. The molecule has 2 N–H and O–H groups in total. The van der Waals surface area contributed by atoms with E-state index in [0.29, 0.717) is 31.9 Å². The zero-order valence-electron chi connectivity index (χ0n) is 19.5. The second-order valence-corrected chi connectivity index (χ2v) is 8.10. The van der Waals surface area contributed by atoms with Crippen molar-refractivity contribution in [3.05, 3.63) is 64.2 Å². The number of hydrogen-bond acceptors (Lipinski definition) is 7. The third kappa shape index (κ3) is 8.47. The van der Waals surface area contributed by atoms with Gasteiger partial charge in [-0.3, -0.25) is 9.59 Å². The van der Waals surface area contributed by atoms with Gasteiger partial charge in [0.05, 0.1) is 32.2 Å². The van der Waals surface area contributed by atoms with Crippen LogP contribution in [0.15, 0.2) is 47.7 Å². The molecular weight excluding hydrogens is 452 g/mol. The molecule has 3 rings (SSSR count). The van der Waals surface area contributed by atoms with Crippen LogP contribution in [0.4, 0.5) is 5.82 Å². The molecule has 1 aliphatic rings. The lowest BCUT2D eigenvalue weighted by molar-refractivity contribution is -0.145. The van der Waals surface area contributed by atoms with Crippen LogP contribution in [0, 0.1) is 5.92 Å². The van der Waals surface area contributed by atoms with Gasteiger partial charge in [-0.15, -0.1) is 0 Å². The van der Waals surface area contributed by atoms with Gasteiger partial charge in [0, 0.05) is 37.3 Å². The smallest absolute Gasteiger partial charge is 0.304 e. The van der Waals surface area contributed by atoms with Crippen molar-refractivity contribution in [2.45, 2.75) is 25.8 Å². The van der Waals surface area contributed by atoms with Crippen molar-refractivity contribution in [2.75, 3.05) is 44.8 Å². The van der Waals surface area contributed by atoms with Gasteiger partial charge in [-0.2, -0.15) is 0 Å². The van der Waals surface area contributed by atoms with Gasteiger partial charge in [-0.05, 0) is 53.8 Å². The minimum Gasteiger partial charge on any atom is -0.494 e. The summed E-state index contributed by atoms with van der Waals surface area (Å²) in [5.74, 6) is -0.320. The van der Waals surface area contributed by atoms with Crippen LogP contribution in [0.5, 0.6) is 5.75 Å². The molecule has 2 heterocycles. The fourth-order valence-corrected chi connectivity index (χ4v) is 3.87. The van der Waals surface area contributed by atoms with Crippen molar-refractivity contribution in [1.29, 1.82) is 0 Å². The number of azide groups is 1. The third-order valence-electron chi connectivity index (χ3n) is 5.55. The number of fused-ring (bicyclic) bond motifs is 1. The molecule has 0 saturated heterocycles. The van der Waals surface area contributed by atoms with Crippen LogP contribution >= 0.6 is 0 Å². The van der Waals surface area contributed by atoms with Gasteiger partial charge in [0.2, 0.25) is 5.91 Å². The van der Waals surface area contributed by atoms with Gasteiger partial charge in [0.1, 0.15) is 11.6 Å². The SMILES string of the molecule is [N-]=[N+]=NCCOCCN1Cc2cc(OCCCNc3ccccn3)ccc2C[C@@H](CC(=O)O)C1=O. The van der Waals surface area contributed by atoms with Crippen molar-refractivity contribution in [1.82, 2.24) is 9.88 Å². The van der Waals surface area contributed by atoms with Gasteiger partial charge in [-0.1, -0.05) is 17.2 Å². The normalized spacial score (nSPS) is 15.0. The summed E-state index contributed by atoms with van der Waals surface area (Å²) in [6, 6.07) is 11.4. The average molecular weight is 483 g/mol. The van der Waals surface area contributed by atoms with Crippen molar-refractivity contribution >= 4 is 17.7 Å². The first-order valence-electron chi connectivity index (χ1n) is 11.6. The quantitative estimate of drug-likeness (QED) is 0.182. The second kappa shape index (κ2) is 13.8. The Kier molecular flexibility index (Phi) is 10.2. The number of carboxylic acid groups (broad SMARTS) is 1. The molecule has 186 valence electrons. The fraction of sp³-hybridized carbons (Fsp3) is 0.458. The van der Waals surface area contributed by atoms with Crippen LogP contribution in [-0.2, 0) is 27.3 Å². The lowest BCUT2D eigenvalue weighted by Gasteiger charge is -2.24. The molecule has 1 aromatic carbocycles. The number of anilines is 1. The van der Waals surface area contributed by atoms with Crippen LogP contribution in [0.1, 0.15) is 24.0 Å². The standard InChI is InChI=1S/C24H30N6O5/c25-29-28-9-12-34-13-10-30-17-20-15-21(35-11-3-8-27-22-4-1-2-7-26-22)6-5-18(20)14-19(24(30)33)16-23(31)32/h1-2,4-7,15,19H,3,8-14,16-17H2,(H,26,27)(H,31,32)/t19-/m0/s1. The van der Waals surface area contributed by atoms with Crippen molar-refractivity contribution in [2.24, 2.45) is 11.0 Å². The average Bonchev–Trinajstić information content (AvgIpc) is 2.97. The summed E-state index contributed by atoms with van der Waals surface area (Å²) in [7, 11) is 0. The van der Waals surface area contributed by atoms with Gasteiger partial charge < -0.3 is 24.8 Å². The molecule has 1 amide bonds. The lowest BCUT2D eigenvalue weighted by Crippen LogP contribution is -2.37. The molecule has 11 nitrogen and oxygen atoms in total. The van der Waals surface area contributed by atoms with Crippen molar-refractivity contribution < 1.29 is 24.2 Å². The number of hydrogen-bond donors (Lipinski definition) is 2. The Labute approximate surface area is 203 Å².